The number of nitrogens with one attached hydrogen (secondary N) is 2. The molecule has 2 fully saturated rings. The Bertz CT molecular complexity index is 727. The van der Waals surface area contributed by atoms with Gasteiger partial charge in [0.05, 0.1) is 18.9 Å². The summed E-state index contributed by atoms with van der Waals surface area (Å²) in [6, 6.07) is 8.26. The minimum atomic E-state index is -0.247. The second kappa shape index (κ2) is 5.70. The van der Waals surface area contributed by atoms with Crippen LogP contribution < -0.4 is 15.4 Å². The van der Waals surface area contributed by atoms with Gasteiger partial charge in [-0.1, -0.05) is 12.1 Å². The highest BCUT2D eigenvalue weighted by Gasteiger charge is 2.40. The Morgan fingerprint density at radius 1 is 1.39 bits per heavy atom. The molecule has 2 N–H and O–H groups in total. The minimum Gasteiger partial charge on any atom is -0.496 e. The smallest absolute Gasteiger partial charge is 0.307 e. The van der Waals surface area contributed by atoms with Gasteiger partial charge in [-0.2, -0.15) is 0 Å². The molecule has 1 aromatic heterocycles. The van der Waals surface area contributed by atoms with E-state index >= 15 is 0 Å². The molecular weight excluding hydrogens is 294 g/mol. The second-order valence-corrected chi connectivity index (χ2v) is 6.15. The van der Waals surface area contributed by atoms with Crippen LogP contribution in [0.15, 0.2) is 34.9 Å². The number of carbonyl (C=O) groups is 1. The monoisotopic (exact) mass is 313 g/mol. The molecule has 120 valence electrons. The van der Waals surface area contributed by atoms with Crippen LogP contribution in [0.1, 0.15) is 23.5 Å². The van der Waals surface area contributed by atoms with E-state index in [1.54, 1.807) is 13.3 Å². The fourth-order valence-corrected chi connectivity index (χ4v) is 3.59. The van der Waals surface area contributed by atoms with Crippen molar-refractivity contribution in [2.45, 2.75) is 24.9 Å². The van der Waals surface area contributed by atoms with Crippen LogP contribution in [0.25, 0.3) is 11.3 Å². The van der Waals surface area contributed by atoms with Crippen molar-refractivity contribution in [3.8, 4) is 17.1 Å². The van der Waals surface area contributed by atoms with Gasteiger partial charge in [0.25, 0.3) is 5.89 Å². The largest absolute Gasteiger partial charge is 0.496 e. The SMILES string of the molecule is COc1ccccc1-c1cnc(C(=O)NC2CC3CC2CN3)o1. The van der Waals surface area contributed by atoms with Crippen LogP contribution in [0.5, 0.6) is 5.75 Å². The average Bonchev–Trinajstić information content (AvgIpc) is 3.31. The number of piperidine rings is 1. The molecule has 6 heteroatoms. The fourth-order valence-electron chi connectivity index (χ4n) is 3.59. The third-order valence-electron chi connectivity index (χ3n) is 4.75. The molecule has 0 radical (unpaired) electrons. The molecule has 3 unspecified atom stereocenters. The van der Waals surface area contributed by atoms with E-state index in [0.29, 0.717) is 23.5 Å². The molecule has 1 saturated carbocycles. The number of rotatable bonds is 4. The van der Waals surface area contributed by atoms with Gasteiger partial charge in [-0.05, 0) is 30.9 Å². The number of hydrogen-bond donors (Lipinski definition) is 2. The molecular formula is C17H19N3O3. The molecule has 1 aromatic carbocycles. The summed E-state index contributed by atoms with van der Waals surface area (Å²) in [5.74, 6) is 1.59. The number of para-hydroxylation sites is 1. The summed E-state index contributed by atoms with van der Waals surface area (Å²) < 4.78 is 11.0. The van der Waals surface area contributed by atoms with Crippen molar-refractivity contribution in [1.82, 2.24) is 15.6 Å². The first-order chi connectivity index (χ1) is 11.2. The summed E-state index contributed by atoms with van der Waals surface area (Å²) >= 11 is 0. The lowest BCUT2D eigenvalue weighted by Crippen LogP contribution is -2.44. The Kier molecular flexibility index (Phi) is 3.53. The van der Waals surface area contributed by atoms with Crippen molar-refractivity contribution in [3.63, 3.8) is 0 Å². The first-order valence-corrected chi connectivity index (χ1v) is 7.88. The Morgan fingerprint density at radius 3 is 3.00 bits per heavy atom. The Balaban J connectivity index is 1.50. The molecule has 2 aliphatic rings. The first-order valence-electron chi connectivity index (χ1n) is 7.88. The van der Waals surface area contributed by atoms with Gasteiger partial charge in [0.1, 0.15) is 5.75 Å². The van der Waals surface area contributed by atoms with Crippen LogP contribution in [-0.4, -0.2) is 36.6 Å². The van der Waals surface area contributed by atoms with Gasteiger partial charge >= 0.3 is 5.91 Å². The highest BCUT2D eigenvalue weighted by molar-refractivity contribution is 5.90. The molecule has 1 saturated heterocycles. The third kappa shape index (κ3) is 2.59. The van der Waals surface area contributed by atoms with Crippen molar-refractivity contribution in [3.05, 3.63) is 36.4 Å². The molecule has 0 spiro atoms. The maximum Gasteiger partial charge on any atom is 0.307 e. The number of ether oxygens (including phenoxy) is 1. The molecule has 4 rings (SSSR count). The van der Waals surface area contributed by atoms with Crippen LogP contribution in [0.3, 0.4) is 0 Å². The topological polar surface area (TPSA) is 76.4 Å². The molecule has 1 aliphatic heterocycles. The normalized spacial score (nSPS) is 25.5. The van der Waals surface area contributed by atoms with E-state index in [9.17, 15) is 4.79 Å². The van der Waals surface area contributed by atoms with Crippen LogP contribution >= 0.6 is 0 Å². The molecule has 23 heavy (non-hydrogen) atoms. The van der Waals surface area contributed by atoms with Crippen molar-refractivity contribution >= 4 is 5.91 Å². The standard InChI is InChI=1S/C17H19N3O3/c1-22-14-5-3-2-4-12(14)15-9-19-17(23-15)16(21)20-13-7-11-6-10(13)8-18-11/h2-5,9-11,13,18H,6-8H2,1H3,(H,20,21). The number of nitrogens with zero attached hydrogens (tertiary/aromatic N) is 1. The van der Waals surface area contributed by atoms with E-state index in [0.717, 1.165) is 24.9 Å². The first kappa shape index (κ1) is 14.3. The molecule has 6 nitrogen and oxygen atoms in total. The summed E-state index contributed by atoms with van der Waals surface area (Å²) in [7, 11) is 1.60. The van der Waals surface area contributed by atoms with E-state index in [2.05, 4.69) is 15.6 Å². The predicted molar refractivity (Wildman–Crippen MR) is 84.3 cm³/mol. The van der Waals surface area contributed by atoms with Crippen LogP contribution in [0, 0.1) is 5.92 Å². The number of fused-ring (bicyclic) bond motifs is 2. The molecule has 3 atom stereocenters. The number of carbonyl (C=O) groups excluding carboxylic acids is 1. The summed E-state index contributed by atoms with van der Waals surface area (Å²) in [5, 5.41) is 6.49. The molecule has 2 heterocycles. The predicted octanol–water partition coefficient (Wildman–Crippen LogP) is 1.83. The van der Waals surface area contributed by atoms with Crippen molar-refractivity contribution in [2.24, 2.45) is 5.92 Å². The lowest BCUT2D eigenvalue weighted by Gasteiger charge is -2.22. The second-order valence-electron chi connectivity index (χ2n) is 6.15. The zero-order valence-corrected chi connectivity index (χ0v) is 12.9. The maximum absolute atomic E-state index is 12.4. The summed E-state index contributed by atoms with van der Waals surface area (Å²) in [6.07, 6.45) is 3.69. The summed E-state index contributed by atoms with van der Waals surface area (Å²) in [4.78, 5) is 16.5. The maximum atomic E-state index is 12.4. The minimum absolute atomic E-state index is 0.0987. The zero-order chi connectivity index (χ0) is 15.8. The summed E-state index contributed by atoms with van der Waals surface area (Å²) in [6.45, 7) is 0.980. The average molecular weight is 313 g/mol. The van der Waals surface area contributed by atoms with E-state index < -0.39 is 0 Å². The number of aromatic nitrogens is 1. The summed E-state index contributed by atoms with van der Waals surface area (Å²) in [5.41, 5.74) is 0.783. The van der Waals surface area contributed by atoms with E-state index in [4.69, 9.17) is 9.15 Å². The molecule has 2 aromatic rings. The van der Waals surface area contributed by atoms with Crippen molar-refractivity contribution in [2.75, 3.05) is 13.7 Å². The van der Waals surface area contributed by atoms with Gasteiger partial charge in [-0.25, -0.2) is 4.98 Å². The Morgan fingerprint density at radius 2 is 2.26 bits per heavy atom. The highest BCUT2D eigenvalue weighted by Crippen LogP contribution is 2.32. The zero-order valence-electron chi connectivity index (χ0n) is 12.9. The quantitative estimate of drug-likeness (QED) is 0.900. The van der Waals surface area contributed by atoms with Crippen molar-refractivity contribution < 1.29 is 13.9 Å². The third-order valence-corrected chi connectivity index (χ3v) is 4.75. The molecule has 1 amide bonds. The van der Waals surface area contributed by atoms with Crippen LogP contribution in [0.2, 0.25) is 0 Å². The van der Waals surface area contributed by atoms with Gasteiger partial charge in [0.2, 0.25) is 0 Å². The van der Waals surface area contributed by atoms with Gasteiger partial charge in [-0.15, -0.1) is 0 Å². The Labute approximate surface area is 134 Å². The highest BCUT2D eigenvalue weighted by atomic mass is 16.5. The van der Waals surface area contributed by atoms with E-state index in [1.807, 2.05) is 24.3 Å². The van der Waals surface area contributed by atoms with Gasteiger partial charge < -0.3 is 19.8 Å². The van der Waals surface area contributed by atoms with Gasteiger partial charge in [0.15, 0.2) is 5.76 Å². The van der Waals surface area contributed by atoms with E-state index in [1.165, 1.54) is 0 Å². The Hall–Kier alpha value is -2.34. The fraction of sp³-hybridized carbons (Fsp3) is 0.412. The number of amides is 1. The number of oxazole rings is 1. The van der Waals surface area contributed by atoms with E-state index in [-0.39, 0.29) is 17.8 Å². The molecule has 1 aliphatic carbocycles. The number of methoxy groups -OCH3 is 1. The van der Waals surface area contributed by atoms with Crippen molar-refractivity contribution in [1.29, 1.82) is 0 Å². The van der Waals surface area contributed by atoms with Crippen LogP contribution in [0.4, 0.5) is 0 Å². The van der Waals surface area contributed by atoms with Gasteiger partial charge in [0, 0.05) is 18.6 Å². The molecule has 2 bridgehead atoms. The van der Waals surface area contributed by atoms with Crippen LogP contribution in [-0.2, 0) is 0 Å². The number of benzene rings is 1. The lowest BCUT2D eigenvalue weighted by atomic mass is 10.0. The number of hydrogen-bond acceptors (Lipinski definition) is 5. The van der Waals surface area contributed by atoms with Gasteiger partial charge in [-0.3, -0.25) is 4.79 Å². The lowest BCUT2D eigenvalue weighted by molar-refractivity contribution is 0.0890.